The van der Waals surface area contributed by atoms with Crippen LogP contribution in [0.3, 0.4) is 0 Å². The number of hydrogen-bond acceptors (Lipinski definition) is 5. The van der Waals surface area contributed by atoms with E-state index in [0.717, 1.165) is 16.9 Å². The number of aryl methyl sites for hydroxylation is 1. The van der Waals surface area contributed by atoms with Crippen LogP contribution in [0.15, 0.2) is 60.9 Å². The number of benzene rings is 2. The Balaban J connectivity index is 1.60. The fourth-order valence-corrected chi connectivity index (χ4v) is 3.46. The zero-order valence-electron chi connectivity index (χ0n) is 16.2. The molecule has 4 rings (SSSR count). The minimum absolute atomic E-state index is 0.337. The van der Waals surface area contributed by atoms with Gasteiger partial charge >= 0.3 is 5.97 Å². The zero-order valence-corrected chi connectivity index (χ0v) is 16.2. The molecule has 0 bridgehead atoms. The summed E-state index contributed by atoms with van der Waals surface area (Å²) < 4.78 is 12.5. The highest BCUT2D eigenvalue weighted by Gasteiger charge is 2.33. The second-order valence-corrected chi connectivity index (χ2v) is 6.87. The van der Waals surface area contributed by atoms with Gasteiger partial charge < -0.3 is 19.4 Å². The van der Waals surface area contributed by atoms with Crippen LogP contribution < -0.4 is 10.1 Å². The van der Waals surface area contributed by atoms with Gasteiger partial charge in [-0.3, -0.25) is 4.79 Å². The van der Waals surface area contributed by atoms with Crippen molar-refractivity contribution in [2.75, 3.05) is 7.11 Å². The molecule has 2 unspecified atom stereocenters. The number of amides is 1. The molecular weight excluding hydrogens is 370 g/mol. The fraction of sp³-hybridized carbons (Fsp3) is 0.227. The molecule has 2 aromatic carbocycles. The van der Waals surface area contributed by atoms with Gasteiger partial charge in [0.05, 0.1) is 12.7 Å². The van der Waals surface area contributed by atoms with Crippen LogP contribution in [0.25, 0.3) is 0 Å². The van der Waals surface area contributed by atoms with Gasteiger partial charge in [-0.2, -0.15) is 0 Å². The van der Waals surface area contributed by atoms with Gasteiger partial charge in [-0.05, 0) is 29.3 Å². The van der Waals surface area contributed by atoms with E-state index >= 15 is 0 Å². The van der Waals surface area contributed by atoms with Crippen molar-refractivity contribution in [3.63, 3.8) is 0 Å². The first-order valence-electron chi connectivity index (χ1n) is 9.27. The van der Waals surface area contributed by atoms with Gasteiger partial charge in [0.15, 0.2) is 6.10 Å². The Morgan fingerprint density at radius 1 is 1.24 bits per heavy atom. The van der Waals surface area contributed by atoms with Crippen LogP contribution in [0.2, 0.25) is 0 Å². The number of hydrogen-bond donors (Lipinski definition) is 1. The minimum Gasteiger partial charge on any atom is -0.497 e. The number of methoxy groups -OCH3 is 1. The van der Waals surface area contributed by atoms with E-state index in [0.29, 0.717) is 17.8 Å². The van der Waals surface area contributed by atoms with E-state index in [1.807, 2.05) is 54.2 Å². The van der Waals surface area contributed by atoms with Crippen molar-refractivity contribution in [3.8, 4) is 5.75 Å². The van der Waals surface area contributed by atoms with E-state index in [9.17, 15) is 9.59 Å². The lowest BCUT2D eigenvalue weighted by molar-refractivity contribution is -0.130. The Morgan fingerprint density at radius 3 is 2.69 bits per heavy atom. The third-order valence-electron chi connectivity index (χ3n) is 5.04. The number of carbonyl (C=O) groups excluding carboxylic acids is 2. The predicted octanol–water partition coefficient (Wildman–Crippen LogP) is 2.42. The molecule has 1 aliphatic heterocycles. The maximum atomic E-state index is 13.0. The summed E-state index contributed by atoms with van der Waals surface area (Å²) in [5.74, 6) is 0.546. The molecule has 0 saturated carbocycles. The van der Waals surface area contributed by atoms with Crippen LogP contribution in [0.5, 0.6) is 5.75 Å². The molecule has 0 radical (unpaired) electrons. The summed E-state index contributed by atoms with van der Waals surface area (Å²) in [6.45, 7) is 0. The molecule has 7 heteroatoms. The standard InChI is InChI=1S/C22H21N3O4/c1-25-12-11-23-20(25)19(14-7-9-16(28-2)10-8-14)24-21(26)18-13-15-5-3-4-6-17(15)22(27)29-18/h3-12,18-19H,13H2,1-2H3,(H,24,26). The molecule has 7 nitrogen and oxygen atoms in total. The smallest absolute Gasteiger partial charge is 0.339 e. The molecule has 2 atom stereocenters. The van der Waals surface area contributed by atoms with Crippen molar-refractivity contribution in [1.82, 2.24) is 14.9 Å². The molecule has 148 valence electrons. The maximum Gasteiger partial charge on any atom is 0.339 e. The van der Waals surface area contributed by atoms with Crippen LogP contribution in [0, 0.1) is 0 Å². The van der Waals surface area contributed by atoms with Gasteiger partial charge in [0.2, 0.25) is 0 Å². The van der Waals surface area contributed by atoms with Gasteiger partial charge in [-0.15, -0.1) is 0 Å². The Labute approximate surface area is 168 Å². The van der Waals surface area contributed by atoms with E-state index < -0.39 is 18.1 Å². The van der Waals surface area contributed by atoms with Crippen molar-refractivity contribution >= 4 is 11.9 Å². The highest BCUT2D eigenvalue weighted by Crippen LogP contribution is 2.25. The molecule has 1 amide bonds. The summed E-state index contributed by atoms with van der Waals surface area (Å²) in [4.78, 5) is 29.7. The number of fused-ring (bicyclic) bond motifs is 1. The highest BCUT2D eigenvalue weighted by atomic mass is 16.5. The molecule has 1 aliphatic rings. The summed E-state index contributed by atoms with van der Waals surface area (Å²) in [6.07, 6.45) is 2.94. The number of nitrogens with one attached hydrogen (secondary N) is 1. The summed E-state index contributed by atoms with van der Waals surface area (Å²) in [6, 6.07) is 14.1. The molecule has 2 heterocycles. The Kier molecular flexibility index (Phi) is 5.03. The fourth-order valence-electron chi connectivity index (χ4n) is 3.46. The van der Waals surface area contributed by atoms with Crippen LogP contribution >= 0.6 is 0 Å². The van der Waals surface area contributed by atoms with Gasteiger partial charge in [0, 0.05) is 25.9 Å². The van der Waals surface area contributed by atoms with E-state index in [1.165, 1.54) is 0 Å². The lowest BCUT2D eigenvalue weighted by atomic mass is 9.97. The van der Waals surface area contributed by atoms with Crippen molar-refractivity contribution < 1.29 is 19.1 Å². The maximum absolute atomic E-state index is 13.0. The molecule has 29 heavy (non-hydrogen) atoms. The van der Waals surface area contributed by atoms with E-state index in [-0.39, 0.29) is 5.91 Å². The van der Waals surface area contributed by atoms with Crippen LogP contribution in [0.4, 0.5) is 0 Å². The summed E-state index contributed by atoms with van der Waals surface area (Å²) in [5.41, 5.74) is 2.16. The second kappa shape index (κ2) is 7.79. The molecular formula is C22H21N3O4. The predicted molar refractivity (Wildman–Crippen MR) is 106 cm³/mol. The molecule has 0 fully saturated rings. The number of carbonyl (C=O) groups is 2. The third kappa shape index (κ3) is 3.71. The monoisotopic (exact) mass is 391 g/mol. The second-order valence-electron chi connectivity index (χ2n) is 6.87. The highest BCUT2D eigenvalue weighted by molar-refractivity contribution is 5.95. The number of ether oxygens (including phenoxy) is 2. The largest absolute Gasteiger partial charge is 0.497 e. The van der Waals surface area contributed by atoms with Gasteiger partial charge in [-0.25, -0.2) is 9.78 Å². The van der Waals surface area contributed by atoms with Crippen LogP contribution in [0.1, 0.15) is 33.4 Å². The van der Waals surface area contributed by atoms with E-state index in [1.54, 1.807) is 25.4 Å². The van der Waals surface area contributed by atoms with E-state index in [4.69, 9.17) is 9.47 Å². The lowest BCUT2D eigenvalue weighted by Gasteiger charge is -2.26. The summed E-state index contributed by atoms with van der Waals surface area (Å²) in [7, 11) is 3.46. The Bertz CT molecular complexity index is 1040. The number of rotatable bonds is 5. The number of cyclic esters (lactones) is 1. The quantitative estimate of drug-likeness (QED) is 0.676. The number of aromatic nitrogens is 2. The minimum atomic E-state index is -0.890. The van der Waals surface area contributed by atoms with Crippen molar-refractivity contribution in [2.45, 2.75) is 18.6 Å². The average molecular weight is 391 g/mol. The first-order valence-corrected chi connectivity index (χ1v) is 9.27. The van der Waals surface area contributed by atoms with Gasteiger partial charge in [0.25, 0.3) is 5.91 Å². The molecule has 1 aromatic heterocycles. The Hall–Kier alpha value is -3.61. The summed E-state index contributed by atoms with van der Waals surface area (Å²) in [5, 5.41) is 2.99. The first-order chi connectivity index (χ1) is 14.1. The first kappa shape index (κ1) is 18.7. The van der Waals surface area contributed by atoms with Gasteiger partial charge in [-0.1, -0.05) is 30.3 Å². The molecule has 0 spiro atoms. The SMILES string of the molecule is COc1ccc(C(NC(=O)C2Cc3ccccc3C(=O)O2)c2nccn2C)cc1. The number of nitrogens with zero attached hydrogens (tertiary/aromatic N) is 2. The van der Waals surface area contributed by atoms with Crippen LogP contribution in [-0.4, -0.2) is 34.6 Å². The Morgan fingerprint density at radius 2 is 2.00 bits per heavy atom. The molecule has 0 aliphatic carbocycles. The molecule has 3 aromatic rings. The van der Waals surface area contributed by atoms with Crippen molar-refractivity contribution in [3.05, 3.63) is 83.4 Å². The topological polar surface area (TPSA) is 82.4 Å². The van der Waals surface area contributed by atoms with Crippen LogP contribution in [-0.2, 0) is 23.0 Å². The van der Waals surface area contributed by atoms with E-state index in [2.05, 4.69) is 10.3 Å². The van der Waals surface area contributed by atoms with Crippen molar-refractivity contribution in [2.24, 2.45) is 7.05 Å². The average Bonchev–Trinajstić information content (AvgIpc) is 3.17. The number of imidazole rings is 1. The zero-order chi connectivity index (χ0) is 20.4. The van der Waals surface area contributed by atoms with Crippen molar-refractivity contribution in [1.29, 1.82) is 0 Å². The normalized spacial score (nSPS) is 16.5. The summed E-state index contributed by atoms with van der Waals surface area (Å²) >= 11 is 0. The third-order valence-corrected chi connectivity index (χ3v) is 5.04. The van der Waals surface area contributed by atoms with Gasteiger partial charge in [0.1, 0.15) is 17.6 Å². The lowest BCUT2D eigenvalue weighted by Crippen LogP contribution is -2.43. The molecule has 1 N–H and O–H groups in total. The number of esters is 1. The molecule has 0 saturated heterocycles.